The van der Waals surface area contributed by atoms with Crippen molar-refractivity contribution in [3.63, 3.8) is 0 Å². The summed E-state index contributed by atoms with van der Waals surface area (Å²) in [5.74, 6) is 0.644. The quantitative estimate of drug-likeness (QED) is 0.677. The third-order valence-corrected chi connectivity index (χ3v) is 5.75. The third-order valence-electron chi connectivity index (χ3n) is 5.75. The molecule has 1 fully saturated rings. The molecule has 0 aliphatic heterocycles. The smallest absolute Gasteiger partial charge is 0.271 e. The molecule has 1 saturated carbocycles. The second-order valence-corrected chi connectivity index (χ2v) is 7.86. The van der Waals surface area contributed by atoms with Crippen LogP contribution in [0, 0.1) is 12.8 Å². The first-order chi connectivity index (χ1) is 14.5. The number of aromatic nitrogens is 4. The number of nitrogens with zero attached hydrogens (tertiary/aromatic N) is 4. The third kappa shape index (κ3) is 4.32. The maximum Gasteiger partial charge on any atom is 0.271 e. The molecule has 0 atom stereocenters. The van der Waals surface area contributed by atoms with Crippen LogP contribution in [0.25, 0.3) is 11.0 Å². The number of imidazole rings is 1. The average Bonchev–Trinajstić information content (AvgIpc) is 3.09. The van der Waals surface area contributed by atoms with Crippen molar-refractivity contribution in [3.05, 3.63) is 53.9 Å². The second-order valence-electron chi connectivity index (χ2n) is 7.86. The Morgan fingerprint density at radius 2 is 1.87 bits per heavy atom. The number of fused-ring (bicyclic) bond motifs is 1. The molecule has 1 aromatic carbocycles. The molecule has 0 radical (unpaired) electrons. The number of rotatable bonds is 5. The molecular formula is C22H26N6O2. The number of hydrogen-bond acceptors (Lipinski definition) is 5. The highest BCUT2D eigenvalue weighted by atomic mass is 16.2. The summed E-state index contributed by atoms with van der Waals surface area (Å²) in [5.41, 5.74) is 3.08. The molecule has 0 spiro atoms. The minimum Gasteiger partial charge on any atom is -0.349 e. The Labute approximate surface area is 175 Å². The number of benzene rings is 1. The van der Waals surface area contributed by atoms with E-state index in [4.69, 9.17) is 0 Å². The molecule has 2 heterocycles. The van der Waals surface area contributed by atoms with Crippen molar-refractivity contribution in [2.24, 2.45) is 13.0 Å². The minimum absolute atomic E-state index is 0.0352. The van der Waals surface area contributed by atoms with Crippen molar-refractivity contribution < 1.29 is 9.59 Å². The van der Waals surface area contributed by atoms with E-state index in [-0.39, 0.29) is 23.8 Å². The van der Waals surface area contributed by atoms with E-state index in [1.54, 1.807) is 6.20 Å². The molecule has 8 nitrogen and oxygen atoms in total. The number of para-hydroxylation sites is 2. The highest BCUT2D eigenvalue weighted by Crippen LogP contribution is 2.25. The van der Waals surface area contributed by atoms with Gasteiger partial charge in [0.05, 0.1) is 29.5 Å². The number of carbonyl (C=O) groups excluding carboxylic acids is 2. The Morgan fingerprint density at radius 1 is 1.10 bits per heavy atom. The SMILES string of the molecule is Cc1cnc(C(=O)NC2CCC(C(=O)NCc3nc4ccccc4n3C)CC2)cn1. The molecule has 0 bridgehead atoms. The summed E-state index contributed by atoms with van der Waals surface area (Å²) in [6, 6.07) is 7.99. The molecule has 0 saturated heterocycles. The van der Waals surface area contributed by atoms with Gasteiger partial charge in [-0.3, -0.25) is 14.6 Å². The van der Waals surface area contributed by atoms with Crippen LogP contribution in [0.1, 0.15) is 47.7 Å². The van der Waals surface area contributed by atoms with E-state index in [9.17, 15) is 9.59 Å². The van der Waals surface area contributed by atoms with Crippen LogP contribution < -0.4 is 10.6 Å². The van der Waals surface area contributed by atoms with E-state index in [1.165, 1.54) is 6.20 Å². The van der Waals surface area contributed by atoms with Crippen molar-refractivity contribution >= 4 is 22.8 Å². The van der Waals surface area contributed by atoms with Crippen molar-refractivity contribution in [2.45, 2.75) is 45.2 Å². The van der Waals surface area contributed by atoms with Crippen LogP contribution in [0.15, 0.2) is 36.7 Å². The van der Waals surface area contributed by atoms with Crippen LogP contribution in [-0.2, 0) is 18.4 Å². The molecule has 4 rings (SSSR count). The molecule has 0 unspecified atom stereocenters. The molecule has 2 amide bonds. The largest absolute Gasteiger partial charge is 0.349 e. The summed E-state index contributed by atoms with van der Waals surface area (Å²) in [5, 5.41) is 6.04. The van der Waals surface area contributed by atoms with Gasteiger partial charge in [-0.05, 0) is 44.7 Å². The van der Waals surface area contributed by atoms with Gasteiger partial charge in [-0.2, -0.15) is 0 Å². The van der Waals surface area contributed by atoms with E-state index in [1.807, 2.05) is 42.8 Å². The van der Waals surface area contributed by atoms with Gasteiger partial charge >= 0.3 is 0 Å². The highest BCUT2D eigenvalue weighted by molar-refractivity contribution is 5.92. The molecule has 8 heteroatoms. The molecular weight excluding hydrogens is 380 g/mol. The van der Waals surface area contributed by atoms with E-state index < -0.39 is 0 Å². The van der Waals surface area contributed by atoms with Crippen LogP contribution in [-0.4, -0.2) is 37.4 Å². The summed E-state index contributed by atoms with van der Waals surface area (Å²) in [4.78, 5) is 37.8. The Bertz CT molecular complexity index is 1050. The first kappa shape index (κ1) is 20.0. The van der Waals surface area contributed by atoms with Crippen molar-refractivity contribution in [1.82, 2.24) is 30.2 Å². The highest BCUT2D eigenvalue weighted by Gasteiger charge is 2.27. The first-order valence-corrected chi connectivity index (χ1v) is 10.3. The molecule has 3 aromatic rings. The lowest BCUT2D eigenvalue weighted by Crippen LogP contribution is -2.41. The number of carbonyl (C=O) groups is 2. The fraction of sp³-hybridized carbons (Fsp3) is 0.409. The number of amides is 2. The fourth-order valence-corrected chi connectivity index (χ4v) is 3.93. The van der Waals surface area contributed by atoms with E-state index >= 15 is 0 Å². The van der Waals surface area contributed by atoms with Gasteiger partial charge in [0.1, 0.15) is 11.5 Å². The van der Waals surface area contributed by atoms with Gasteiger partial charge in [-0.1, -0.05) is 12.1 Å². The van der Waals surface area contributed by atoms with Gasteiger partial charge in [0, 0.05) is 25.2 Å². The van der Waals surface area contributed by atoms with E-state index in [2.05, 4.69) is 25.6 Å². The molecule has 2 N–H and O–H groups in total. The fourth-order valence-electron chi connectivity index (χ4n) is 3.93. The Kier molecular flexibility index (Phi) is 5.74. The van der Waals surface area contributed by atoms with Crippen LogP contribution >= 0.6 is 0 Å². The van der Waals surface area contributed by atoms with Gasteiger partial charge in [-0.15, -0.1) is 0 Å². The number of aryl methyl sites for hydroxylation is 2. The minimum atomic E-state index is -0.211. The predicted molar refractivity (Wildman–Crippen MR) is 113 cm³/mol. The Morgan fingerprint density at radius 3 is 2.57 bits per heavy atom. The molecule has 1 aliphatic rings. The topological polar surface area (TPSA) is 102 Å². The zero-order chi connectivity index (χ0) is 21.1. The number of nitrogens with one attached hydrogen (secondary N) is 2. The van der Waals surface area contributed by atoms with Crippen LogP contribution in [0.2, 0.25) is 0 Å². The Balaban J connectivity index is 1.26. The standard InChI is InChI=1S/C22H26N6O2/c1-14-11-24-18(12-23-14)22(30)26-16-9-7-15(8-10-16)21(29)25-13-20-27-17-5-3-4-6-19(17)28(20)2/h3-6,11-12,15-16H,7-10,13H2,1-2H3,(H,25,29)(H,26,30). The van der Waals surface area contributed by atoms with Gasteiger partial charge < -0.3 is 15.2 Å². The summed E-state index contributed by atoms with van der Waals surface area (Å²) < 4.78 is 2.01. The lowest BCUT2D eigenvalue weighted by atomic mass is 9.85. The number of hydrogen-bond donors (Lipinski definition) is 2. The van der Waals surface area contributed by atoms with E-state index in [0.29, 0.717) is 12.2 Å². The first-order valence-electron chi connectivity index (χ1n) is 10.3. The summed E-state index contributed by atoms with van der Waals surface area (Å²) in [6.45, 7) is 2.24. The second kappa shape index (κ2) is 8.61. The monoisotopic (exact) mass is 406 g/mol. The molecule has 2 aromatic heterocycles. The lowest BCUT2D eigenvalue weighted by molar-refractivity contribution is -0.126. The summed E-state index contributed by atoms with van der Waals surface area (Å²) >= 11 is 0. The predicted octanol–water partition coefficient (Wildman–Crippen LogP) is 2.28. The van der Waals surface area contributed by atoms with Crippen molar-refractivity contribution in [3.8, 4) is 0 Å². The lowest BCUT2D eigenvalue weighted by Gasteiger charge is -2.28. The van der Waals surface area contributed by atoms with Gasteiger partial charge in [0.25, 0.3) is 5.91 Å². The van der Waals surface area contributed by atoms with Crippen LogP contribution in [0.5, 0.6) is 0 Å². The van der Waals surface area contributed by atoms with Gasteiger partial charge in [0.15, 0.2) is 0 Å². The Hall–Kier alpha value is -3.29. The maximum atomic E-state index is 12.6. The van der Waals surface area contributed by atoms with Crippen molar-refractivity contribution in [2.75, 3.05) is 0 Å². The molecule has 30 heavy (non-hydrogen) atoms. The van der Waals surface area contributed by atoms with Crippen LogP contribution in [0.3, 0.4) is 0 Å². The summed E-state index contributed by atoms with van der Waals surface area (Å²) in [6.07, 6.45) is 6.12. The average molecular weight is 406 g/mol. The molecule has 1 aliphatic carbocycles. The zero-order valence-electron chi connectivity index (χ0n) is 17.3. The van der Waals surface area contributed by atoms with Gasteiger partial charge in [0.2, 0.25) is 5.91 Å². The van der Waals surface area contributed by atoms with E-state index in [0.717, 1.165) is 48.2 Å². The summed E-state index contributed by atoms with van der Waals surface area (Å²) in [7, 11) is 1.96. The maximum absolute atomic E-state index is 12.6. The van der Waals surface area contributed by atoms with Crippen LogP contribution in [0.4, 0.5) is 0 Å². The van der Waals surface area contributed by atoms with Crippen molar-refractivity contribution in [1.29, 1.82) is 0 Å². The normalized spacial score (nSPS) is 18.9. The molecule has 156 valence electrons. The van der Waals surface area contributed by atoms with Gasteiger partial charge in [-0.25, -0.2) is 9.97 Å². The zero-order valence-corrected chi connectivity index (χ0v) is 17.3.